The summed E-state index contributed by atoms with van der Waals surface area (Å²) in [7, 11) is 0. The zero-order valence-electron chi connectivity index (χ0n) is 11.5. The molecule has 0 spiro atoms. The minimum atomic E-state index is -1.15. The molecule has 0 radical (unpaired) electrons. The van der Waals surface area contributed by atoms with E-state index in [1.807, 2.05) is 0 Å². The smallest absolute Gasteiger partial charge is 0.326 e. The van der Waals surface area contributed by atoms with E-state index >= 15 is 0 Å². The van der Waals surface area contributed by atoms with Gasteiger partial charge in [-0.2, -0.15) is 0 Å². The van der Waals surface area contributed by atoms with Crippen LogP contribution in [0, 0.1) is 0 Å². The van der Waals surface area contributed by atoms with Crippen molar-refractivity contribution in [2.24, 2.45) is 0 Å². The number of nitrogens with zero attached hydrogens (tertiary/aromatic N) is 2. The van der Waals surface area contributed by atoms with Crippen LogP contribution in [0.4, 0.5) is 4.79 Å². The number of aromatic nitrogens is 2. The number of carboxylic acid groups (broad SMARTS) is 1. The quantitative estimate of drug-likeness (QED) is 0.563. The van der Waals surface area contributed by atoms with Gasteiger partial charge in [0.2, 0.25) is 5.91 Å². The number of carboxylic acids is 1. The molecule has 2 atom stereocenters. The van der Waals surface area contributed by atoms with Crippen LogP contribution in [0.5, 0.6) is 0 Å². The van der Waals surface area contributed by atoms with E-state index in [9.17, 15) is 19.5 Å². The van der Waals surface area contributed by atoms with Crippen LogP contribution in [0.25, 0.3) is 0 Å². The molecule has 1 aliphatic rings. The molecule has 1 aliphatic heterocycles. The van der Waals surface area contributed by atoms with E-state index in [4.69, 9.17) is 0 Å². The number of urea groups is 1. The summed E-state index contributed by atoms with van der Waals surface area (Å²) in [5.41, 5.74) is 0.604. The van der Waals surface area contributed by atoms with Gasteiger partial charge >= 0.3 is 12.0 Å². The number of hydrogen-bond acceptors (Lipinski definition) is 4. The molecule has 1 aromatic heterocycles. The number of piperazine rings is 1. The number of H-pyrrole nitrogens is 1. The topological polar surface area (TPSA) is 127 Å². The number of hydrogen-bond donors (Lipinski definition) is 4. The minimum Gasteiger partial charge on any atom is -0.480 e. The number of aliphatic carboxylic acids is 1. The highest BCUT2D eigenvalue weighted by Gasteiger charge is 2.31. The minimum absolute atomic E-state index is 0.0927. The maximum absolute atomic E-state index is 12.1. The molecule has 1 aromatic rings. The highest BCUT2D eigenvalue weighted by Crippen LogP contribution is 2.06. The maximum atomic E-state index is 12.1. The zero-order valence-corrected chi connectivity index (χ0v) is 11.5. The van der Waals surface area contributed by atoms with Crippen LogP contribution in [-0.4, -0.2) is 63.1 Å². The van der Waals surface area contributed by atoms with Crippen LogP contribution < -0.4 is 10.6 Å². The number of imidazole rings is 1. The fourth-order valence-corrected chi connectivity index (χ4v) is 2.11. The second kappa shape index (κ2) is 6.25. The van der Waals surface area contributed by atoms with E-state index in [0.717, 1.165) is 0 Å². The lowest BCUT2D eigenvalue weighted by atomic mass is 10.1. The lowest BCUT2D eigenvalue weighted by molar-refractivity contribution is -0.139. The van der Waals surface area contributed by atoms with Gasteiger partial charge in [-0.25, -0.2) is 14.6 Å². The Balaban J connectivity index is 2.01. The van der Waals surface area contributed by atoms with Crippen molar-refractivity contribution in [2.45, 2.75) is 25.4 Å². The Morgan fingerprint density at radius 3 is 3.00 bits per heavy atom. The summed E-state index contributed by atoms with van der Waals surface area (Å²) in [6.45, 7) is 2.29. The van der Waals surface area contributed by atoms with Crippen LogP contribution in [0.2, 0.25) is 0 Å². The average Bonchev–Trinajstić information content (AvgIpc) is 2.93. The lowest BCUT2D eigenvalue weighted by Crippen LogP contribution is -2.60. The normalized spacial score (nSPS) is 19.8. The van der Waals surface area contributed by atoms with Gasteiger partial charge in [0.25, 0.3) is 0 Å². The van der Waals surface area contributed by atoms with Crippen LogP contribution in [-0.2, 0) is 16.0 Å². The Morgan fingerprint density at radius 1 is 1.62 bits per heavy atom. The molecule has 1 saturated heterocycles. The predicted octanol–water partition coefficient (Wildman–Crippen LogP) is -1.06. The first-order chi connectivity index (χ1) is 9.99. The van der Waals surface area contributed by atoms with E-state index in [1.54, 1.807) is 6.92 Å². The Bertz CT molecular complexity index is 530. The number of amides is 3. The molecule has 9 heteroatoms. The van der Waals surface area contributed by atoms with Gasteiger partial charge < -0.3 is 25.6 Å². The second-order valence-electron chi connectivity index (χ2n) is 4.78. The summed E-state index contributed by atoms with van der Waals surface area (Å²) >= 11 is 0. The van der Waals surface area contributed by atoms with Crippen molar-refractivity contribution < 1.29 is 19.5 Å². The fourth-order valence-electron chi connectivity index (χ4n) is 2.11. The molecule has 9 nitrogen and oxygen atoms in total. The molecule has 0 saturated carbocycles. The first kappa shape index (κ1) is 14.8. The Hall–Kier alpha value is -2.58. The molecular formula is C12H17N5O4. The molecule has 4 N–H and O–H groups in total. The van der Waals surface area contributed by atoms with Crippen LogP contribution in [0.1, 0.15) is 12.6 Å². The van der Waals surface area contributed by atoms with Crippen LogP contribution >= 0.6 is 0 Å². The van der Waals surface area contributed by atoms with E-state index in [1.165, 1.54) is 17.4 Å². The van der Waals surface area contributed by atoms with Crippen molar-refractivity contribution in [3.05, 3.63) is 18.2 Å². The average molecular weight is 295 g/mol. The van der Waals surface area contributed by atoms with Crippen molar-refractivity contribution in [1.82, 2.24) is 25.5 Å². The van der Waals surface area contributed by atoms with Gasteiger partial charge in [0.1, 0.15) is 12.1 Å². The van der Waals surface area contributed by atoms with Crippen molar-refractivity contribution in [3.8, 4) is 0 Å². The van der Waals surface area contributed by atoms with Gasteiger partial charge in [0, 0.05) is 31.4 Å². The lowest BCUT2D eigenvalue weighted by Gasteiger charge is -2.33. The molecular weight excluding hydrogens is 278 g/mol. The summed E-state index contributed by atoms with van der Waals surface area (Å²) in [4.78, 5) is 42.8. The van der Waals surface area contributed by atoms with E-state index in [0.29, 0.717) is 18.8 Å². The summed E-state index contributed by atoms with van der Waals surface area (Å²) in [5.74, 6) is -1.40. The number of nitrogens with one attached hydrogen (secondary N) is 3. The number of carbonyl (C=O) groups is 3. The Labute approximate surface area is 120 Å². The third-order valence-electron chi connectivity index (χ3n) is 3.33. The molecule has 0 aromatic carbocycles. The summed E-state index contributed by atoms with van der Waals surface area (Å²) in [5, 5.41) is 14.3. The first-order valence-corrected chi connectivity index (χ1v) is 6.54. The van der Waals surface area contributed by atoms with Gasteiger partial charge in [0.05, 0.1) is 6.33 Å². The summed E-state index contributed by atoms with van der Waals surface area (Å²) < 4.78 is 0. The molecule has 3 amide bonds. The molecule has 2 rings (SSSR count). The SMILES string of the molecule is CC1C(=O)NCCN1C(=O)N[C@H](Cc1cnc[nH]1)C(=O)O. The predicted molar refractivity (Wildman–Crippen MR) is 71.4 cm³/mol. The molecule has 2 heterocycles. The van der Waals surface area contributed by atoms with Gasteiger partial charge in [-0.1, -0.05) is 0 Å². The molecule has 1 unspecified atom stereocenters. The highest BCUT2D eigenvalue weighted by atomic mass is 16.4. The standard InChI is InChI=1S/C12H17N5O4/c1-7-10(18)14-2-3-17(7)12(21)16-9(11(19)20)4-8-5-13-6-15-8/h5-7,9H,2-4H2,1H3,(H,13,15)(H,14,18)(H,16,21)(H,19,20)/t7?,9-/m1/s1. The molecule has 0 bridgehead atoms. The van der Waals surface area contributed by atoms with Crippen molar-refractivity contribution >= 4 is 17.9 Å². The van der Waals surface area contributed by atoms with E-state index in [2.05, 4.69) is 20.6 Å². The Kier molecular flexibility index (Phi) is 4.41. The van der Waals surface area contributed by atoms with Crippen molar-refractivity contribution in [2.75, 3.05) is 13.1 Å². The molecule has 21 heavy (non-hydrogen) atoms. The van der Waals surface area contributed by atoms with Crippen LogP contribution in [0.15, 0.2) is 12.5 Å². The van der Waals surface area contributed by atoms with Crippen molar-refractivity contribution in [1.29, 1.82) is 0 Å². The number of rotatable bonds is 4. The largest absolute Gasteiger partial charge is 0.480 e. The second-order valence-corrected chi connectivity index (χ2v) is 4.78. The third kappa shape index (κ3) is 3.50. The fraction of sp³-hybridized carbons (Fsp3) is 0.500. The van der Waals surface area contributed by atoms with Gasteiger partial charge in [-0.3, -0.25) is 4.79 Å². The molecule has 0 aliphatic carbocycles. The highest BCUT2D eigenvalue weighted by molar-refractivity contribution is 5.89. The first-order valence-electron chi connectivity index (χ1n) is 6.54. The third-order valence-corrected chi connectivity index (χ3v) is 3.33. The van der Waals surface area contributed by atoms with Gasteiger partial charge in [0.15, 0.2) is 0 Å². The monoisotopic (exact) mass is 295 g/mol. The summed E-state index contributed by atoms with van der Waals surface area (Å²) in [6.07, 6.45) is 3.03. The zero-order chi connectivity index (χ0) is 15.4. The van der Waals surface area contributed by atoms with E-state index < -0.39 is 24.1 Å². The molecule has 114 valence electrons. The number of aromatic amines is 1. The van der Waals surface area contributed by atoms with E-state index in [-0.39, 0.29) is 12.3 Å². The maximum Gasteiger partial charge on any atom is 0.326 e. The Morgan fingerprint density at radius 2 is 2.38 bits per heavy atom. The summed E-state index contributed by atoms with van der Waals surface area (Å²) in [6, 6.07) is -2.28. The number of carbonyl (C=O) groups excluding carboxylic acids is 2. The van der Waals surface area contributed by atoms with Crippen LogP contribution in [0.3, 0.4) is 0 Å². The van der Waals surface area contributed by atoms with Gasteiger partial charge in [-0.15, -0.1) is 0 Å². The molecule has 1 fully saturated rings. The van der Waals surface area contributed by atoms with Gasteiger partial charge in [-0.05, 0) is 6.92 Å². The van der Waals surface area contributed by atoms with Crippen molar-refractivity contribution in [3.63, 3.8) is 0 Å².